The fourth-order valence-electron chi connectivity index (χ4n) is 2.41. The molecule has 0 saturated heterocycles. The van der Waals surface area contributed by atoms with E-state index in [1.165, 1.54) is 26.7 Å². The Kier molecular flexibility index (Phi) is 5.41. The molecule has 1 heterocycles. The molecule has 0 aliphatic carbocycles. The van der Waals surface area contributed by atoms with Gasteiger partial charge < -0.3 is 24.3 Å². The second-order valence-corrected chi connectivity index (χ2v) is 5.47. The highest BCUT2D eigenvalue weighted by molar-refractivity contribution is 6.03. The molecule has 7 nitrogen and oxygen atoms in total. The first-order valence-corrected chi connectivity index (χ1v) is 8.05. The molecule has 0 unspecified atom stereocenters. The third kappa shape index (κ3) is 4.09. The number of para-hydroxylation sites is 1. The van der Waals surface area contributed by atoms with Gasteiger partial charge in [-0.25, -0.2) is 0 Å². The quantitative estimate of drug-likeness (QED) is 0.643. The molecular weight excluding hydrogens is 348 g/mol. The van der Waals surface area contributed by atoms with E-state index in [0.717, 1.165) is 0 Å². The number of ether oxygens (including phenoxy) is 2. The van der Waals surface area contributed by atoms with Gasteiger partial charge in [0.1, 0.15) is 5.75 Å². The topological polar surface area (TPSA) is 93.3 Å². The van der Waals surface area contributed by atoms with E-state index in [1.54, 1.807) is 48.5 Å². The Hall–Kier alpha value is -3.74. The maximum Gasteiger partial charge on any atom is 0.291 e. The smallest absolute Gasteiger partial charge is 0.291 e. The summed E-state index contributed by atoms with van der Waals surface area (Å²) in [6.45, 7) is 0. The number of aliphatic imine (C=N–C) groups is 1. The first kappa shape index (κ1) is 18.1. The van der Waals surface area contributed by atoms with Crippen LogP contribution in [0.5, 0.6) is 17.2 Å². The largest absolute Gasteiger partial charge is 0.504 e. The first-order valence-electron chi connectivity index (χ1n) is 8.05. The Bertz CT molecular complexity index is 965. The molecule has 7 heteroatoms. The lowest BCUT2D eigenvalue weighted by atomic mass is 10.2. The molecular formula is C20H18N2O5. The van der Waals surface area contributed by atoms with Crippen LogP contribution in [0, 0.1) is 0 Å². The van der Waals surface area contributed by atoms with E-state index < -0.39 is 0 Å². The molecule has 0 aliphatic rings. The first-order chi connectivity index (χ1) is 13.1. The molecule has 0 aliphatic heterocycles. The van der Waals surface area contributed by atoms with E-state index in [-0.39, 0.29) is 17.4 Å². The molecule has 0 saturated carbocycles. The number of aromatic hydroxyl groups is 1. The Morgan fingerprint density at radius 1 is 1.11 bits per heavy atom. The number of phenols is 1. The lowest BCUT2D eigenvalue weighted by molar-refractivity contribution is 0.0996. The van der Waals surface area contributed by atoms with Crippen molar-refractivity contribution < 1.29 is 23.8 Å². The molecule has 1 amide bonds. The molecule has 2 aromatic carbocycles. The maximum atomic E-state index is 12.1. The van der Waals surface area contributed by atoms with Gasteiger partial charge in [-0.05, 0) is 36.4 Å². The van der Waals surface area contributed by atoms with Gasteiger partial charge in [0, 0.05) is 17.8 Å². The fraction of sp³-hybridized carbons (Fsp3) is 0.100. The molecule has 0 bridgehead atoms. The Labute approximate surface area is 155 Å². The van der Waals surface area contributed by atoms with E-state index in [2.05, 4.69) is 10.3 Å². The van der Waals surface area contributed by atoms with Crippen LogP contribution in [0.3, 0.4) is 0 Å². The summed E-state index contributed by atoms with van der Waals surface area (Å²) in [6, 6.07) is 13.4. The summed E-state index contributed by atoms with van der Waals surface area (Å²) in [5.41, 5.74) is 1.59. The molecule has 27 heavy (non-hydrogen) atoms. The number of benzene rings is 2. The van der Waals surface area contributed by atoms with Gasteiger partial charge in [-0.15, -0.1) is 0 Å². The second kappa shape index (κ2) is 8.09. The molecule has 0 fully saturated rings. The number of carbonyl (C=O) groups is 1. The molecule has 3 aromatic rings. The van der Waals surface area contributed by atoms with Crippen molar-refractivity contribution in [3.63, 3.8) is 0 Å². The van der Waals surface area contributed by atoms with Crippen molar-refractivity contribution in [3.05, 3.63) is 66.1 Å². The average molecular weight is 366 g/mol. The average Bonchev–Trinajstić information content (AvgIpc) is 3.23. The zero-order valence-corrected chi connectivity index (χ0v) is 14.8. The molecule has 0 radical (unpaired) electrons. The van der Waals surface area contributed by atoms with Gasteiger partial charge in [0.25, 0.3) is 5.91 Å². The van der Waals surface area contributed by atoms with Crippen LogP contribution in [0.25, 0.3) is 0 Å². The van der Waals surface area contributed by atoms with Gasteiger partial charge in [-0.1, -0.05) is 6.07 Å². The van der Waals surface area contributed by atoms with Crippen LogP contribution in [0.1, 0.15) is 16.1 Å². The van der Waals surface area contributed by atoms with Gasteiger partial charge >= 0.3 is 0 Å². The minimum Gasteiger partial charge on any atom is -0.504 e. The highest BCUT2D eigenvalue weighted by atomic mass is 16.5. The van der Waals surface area contributed by atoms with Crippen molar-refractivity contribution in [2.45, 2.75) is 0 Å². The number of rotatable bonds is 6. The summed E-state index contributed by atoms with van der Waals surface area (Å²) in [5, 5.41) is 12.8. The number of carbonyl (C=O) groups excluding carboxylic acids is 1. The van der Waals surface area contributed by atoms with E-state index in [4.69, 9.17) is 13.9 Å². The van der Waals surface area contributed by atoms with Crippen molar-refractivity contribution in [2.75, 3.05) is 19.5 Å². The number of amides is 1. The Morgan fingerprint density at radius 2 is 1.93 bits per heavy atom. The summed E-state index contributed by atoms with van der Waals surface area (Å²) in [7, 11) is 2.98. The number of hydrogen-bond donors (Lipinski definition) is 2. The van der Waals surface area contributed by atoms with Crippen LogP contribution in [0.15, 0.2) is 64.2 Å². The van der Waals surface area contributed by atoms with Crippen molar-refractivity contribution in [1.82, 2.24) is 0 Å². The van der Waals surface area contributed by atoms with Crippen LogP contribution < -0.4 is 14.8 Å². The van der Waals surface area contributed by atoms with Crippen molar-refractivity contribution in [3.8, 4) is 17.2 Å². The number of nitrogens with zero attached hydrogens (tertiary/aromatic N) is 1. The maximum absolute atomic E-state index is 12.1. The van der Waals surface area contributed by atoms with Gasteiger partial charge in [0.2, 0.25) is 0 Å². The lowest BCUT2D eigenvalue weighted by Gasteiger charge is -2.10. The number of anilines is 1. The third-order valence-electron chi connectivity index (χ3n) is 3.78. The van der Waals surface area contributed by atoms with Crippen LogP contribution >= 0.6 is 0 Å². The minimum absolute atomic E-state index is 0.0121. The lowest BCUT2D eigenvalue weighted by Crippen LogP contribution is -2.11. The highest BCUT2D eigenvalue weighted by Crippen LogP contribution is 2.31. The number of furan rings is 1. The van der Waals surface area contributed by atoms with E-state index in [0.29, 0.717) is 28.4 Å². The van der Waals surface area contributed by atoms with Gasteiger partial charge in [-0.2, -0.15) is 0 Å². The Balaban J connectivity index is 1.81. The zero-order chi connectivity index (χ0) is 19.2. The zero-order valence-electron chi connectivity index (χ0n) is 14.8. The van der Waals surface area contributed by atoms with Gasteiger partial charge in [0.15, 0.2) is 17.3 Å². The molecule has 3 rings (SSSR count). The van der Waals surface area contributed by atoms with Gasteiger partial charge in [-0.3, -0.25) is 9.79 Å². The van der Waals surface area contributed by atoms with Crippen LogP contribution in [-0.4, -0.2) is 31.4 Å². The summed E-state index contributed by atoms with van der Waals surface area (Å²) in [5.74, 6) is 0.647. The normalized spacial score (nSPS) is 10.7. The molecule has 138 valence electrons. The minimum atomic E-state index is -0.379. The fourth-order valence-corrected chi connectivity index (χ4v) is 2.41. The SMILES string of the molecule is COc1cc(N=Cc2cccc(OC)c2O)ccc1NC(=O)c1ccco1. The van der Waals surface area contributed by atoms with Crippen LogP contribution in [-0.2, 0) is 0 Å². The van der Waals surface area contributed by atoms with E-state index in [1.807, 2.05) is 0 Å². The second-order valence-electron chi connectivity index (χ2n) is 5.47. The molecule has 2 N–H and O–H groups in total. The van der Waals surface area contributed by atoms with E-state index in [9.17, 15) is 9.90 Å². The van der Waals surface area contributed by atoms with Crippen LogP contribution in [0.2, 0.25) is 0 Å². The number of hydrogen-bond acceptors (Lipinski definition) is 6. The summed E-state index contributed by atoms with van der Waals surface area (Å²) >= 11 is 0. The molecule has 0 atom stereocenters. The number of methoxy groups -OCH3 is 2. The highest BCUT2D eigenvalue weighted by Gasteiger charge is 2.12. The summed E-state index contributed by atoms with van der Waals surface area (Å²) in [4.78, 5) is 16.4. The van der Waals surface area contributed by atoms with Crippen molar-refractivity contribution in [2.24, 2.45) is 4.99 Å². The van der Waals surface area contributed by atoms with Crippen molar-refractivity contribution >= 4 is 23.5 Å². The monoisotopic (exact) mass is 366 g/mol. The third-order valence-corrected chi connectivity index (χ3v) is 3.78. The predicted molar refractivity (Wildman–Crippen MR) is 102 cm³/mol. The van der Waals surface area contributed by atoms with Crippen molar-refractivity contribution in [1.29, 1.82) is 0 Å². The summed E-state index contributed by atoms with van der Waals surface area (Å²) < 4.78 is 15.5. The number of phenolic OH excluding ortho intramolecular Hbond substituents is 1. The predicted octanol–water partition coefficient (Wildman–Crippen LogP) is 4.01. The van der Waals surface area contributed by atoms with Crippen LogP contribution in [0.4, 0.5) is 11.4 Å². The number of nitrogens with one attached hydrogen (secondary N) is 1. The summed E-state index contributed by atoms with van der Waals surface area (Å²) in [6.07, 6.45) is 2.95. The standard InChI is InChI=1S/C20H18N2O5/c1-25-16-6-3-5-13(19(16)23)12-21-14-8-9-15(18(11-14)26-2)22-20(24)17-7-4-10-27-17/h3-12,23H,1-2H3,(H,22,24). The molecule has 0 spiro atoms. The molecule has 1 aromatic heterocycles. The Morgan fingerprint density at radius 3 is 2.63 bits per heavy atom. The van der Waals surface area contributed by atoms with E-state index >= 15 is 0 Å². The van der Waals surface area contributed by atoms with Gasteiger partial charge in [0.05, 0.1) is 31.9 Å².